The first-order valence-corrected chi connectivity index (χ1v) is 6.72. The second-order valence-corrected chi connectivity index (χ2v) is 4.91. The number of hydrogen-bond acceptors (Lipinski definition) is 3. The molecule has 1 aliphatic rings. The van der Waals surface area contributed by atoms with Crippen molar-refractivity contribution in [3.05, 3.63) is 30.3 Å². The molecule has 4 N–H and O–H groups in total. The van der Waals surface area contributed by atoms with E-state index < -0.39 is 24.0 Å². The Labute approximate surface area is 122 Å². The Morgan fingerprint density at radius 1 is 1.33 bits per heavy atom. The zero-order chi connectivity index (χ0) is 15.4. The number of carbonyl (C=O) groups excluding carboxylic acids is 3. The van der Waals surface area contributed by atoms with Crippen LogP contribution >= 0.6 is 0 Å². The summed E-state index contributed by atoms with van der Waals surface area (Å²) in [5.41, 5.74) is 5.77. The fourth-order valence-electron chi connectivity index (χ4n) is 2.25. The molecule has 0 aromatic heterocycles. The van der Waals surface area contributed by atoms with Crippen molar-refractivity contribution in [2.75, 3.05) is 11.4 Å². The molecule has 1 aromatic rings. The second-order valence-electron chi connectivity index (χ2n) is 4.91. The summed E-state index contributed by atoms with van der Waals surface area (Å²) in [4.78, 5) is 36.5. The van der Waals surface area contributed by atoms with Gasteiger partial charge in [0.1, 0.15) is 12.1 Å². The number of para-hydroxylation sites is 1. The summed E-state index contributed by atoms with van der Waals surface area (Å²) in [7, 11) is 0. The van der Waals surface area contributed by atoms with Crippen LogP contribution in [0.25, 0.3) is 0 Å². The van der Waals surface area contributed by atoms with E-state index in [2.05, 4.69) is 10.6 Å². The van der Waals surface area contributed by atoms with Crippen LogP contribution in [-0.4, -0.2) is 36.5 Å². The minimum atomic E-state index is -0.777. The van der Waals surface area contributed by atoms with Gasteiger partial charge >= 0.3 is 6.03 Å². The van der Waals surface area contributed by atoms with Crippen molar-refractivity contribution in [2.24, 2.45) is 5.73 Å². The van der Waals surface area contributed by atoms with Crippen LogP contribution in [0, 0.1) is 0 Å². The van der Waals surface area contributed by atoms with Crippen LogP contribution < -0.4 is 21.3 Å². The van der Waals surface area contributed by atoms with Gasteiger partial charge in [0.15, 0.2) is 0 Å². The first-order chi connectivity index (χ1) is 9.99. The first kappa shape index (κ1) is 14.8. The number of nitrogens with one attached hydrogen (secondary N) is 2. The number of carbonyl (C=O) groups is 3. The van der Waals surface area contributed by atoms with E-state index in [1.165, 1.54) is 6.92 Å². The van der Waals surface area contributed by atoms with Crippen LogP contribution in [-0.2, 0) is 9.59 Å². The van der Waals surface area contributed by atoms with Crippen molar-refractivity contribution < 1.29 is 14.4 Å². The second kappa shape index (κ2) is 6.25. The van der Waals surface area contributed by atoms with Gasteiger partial charge in [0.25, 0.3) is 0 Å². The van der Waals surface area contributed by atoms with E-state index >= 15 is 0 Å². The Hall–Kier alpha value is -2.57. The Kier molecular flexibility index (Phi) is 4.42. The molecule has 0 radical (unpaired) electrons. The molecule has 0 spiro atoms. The Balaban J connectivity index is 1.96. The summed E-state index contributed by atoms with van der Waals surface area (Å²) < 4.78 is 0. The Morgan fingerprint density at radius 3 is 2.62 bits per heavy atom. The van der Waals surface area contributed by atoms with Crippen molar-refractivity contribution in [3.8, 4) is 0 Å². The summed E-state index contributed by atoms with van der Waals surface area (Å²) in [6.45, 7) is 2.06. The maximum Gasteiger partial charge on any atom is 0.312 e. The lowest BCUT2D eigenvalue weighted by Gasteiger charge is -2.18. The van der Waals surface area contributed by atoms with Crippen molar-refractivity contribution in [2.45, 2.75) is 25.4 Å². The van der Waals surface area contributed by atoms with Crippen LogP contribution in [0.15, 0.2) is 30.3 Å². The Morgan fingerprint density at radius 2 is 2.00 bits per heavy atom. The van der Waals surface area contributed by atoms with Crippen LogP contribution in [0.3, 0.4) is 0 Å². The number of anilines is 1. The molecule has 1 saturated heterocycles. The molecule has 1 heterocycles. The third-order valence-electron chi connectivity index (χ3n) is 3.34. The van der Waals surface area contributed by atoms with Gasteiger partial charge < -0.3 is 21.3 Å². The number of benzene rings is 1. The molecule has 0 aliphatic carbocycles. The van der Waals surface area contributed by atoms with Crippen LogP contribution in [0.1, 0.15) is 13.3 Å². The number of amides is 4. The van der Waals surface area contributed by atoms with E-state index in [1.807, 2.05) is 30.3 Å². The standard InChI is InChI=1S/C14H18N4O3/c1-9(16-14(15)21)12(19)17-11-7-8-18(13(11)20)10-5-3-2-4-6-10/h2-6,9,11H,7-8H2,1H3,(H,17,19)(H3,15,16,21). The molecule has 2 rings (SSSR count). The van der Waals surface area contributed by atoms with E-state index in [0.717, 1.165) is 5.69 Å². The molecule has 1 fully saturated rings. The van der Waals surface area contributed by atoms with Crippen LogP contribution in [0.4, 0.5) is 10.5 Å². The number of urea groups is 1. The van der Waals surface area contributed by atoms with E-state index in [4.69, 9.17) is 5.73 Å². The summed E-state index contributed by atoms with van der Waals surface area (Å²) in [5, 5.41) is 4.91. The molecular weight excluding hydrogens is 272 g/mol. The summed E-state index contributed by atoms with van der Waals surface area (Å²) in [5.74, 6) is -0.581. The number of nitrogens with zero attached hydrogens (tertiary/aromatic N) is 1. The average Bonchev–Trinajstić information content (AvgIpc) is 2.80. The highest BCUT2D eigenvalue weighted by Crippen LogP contribution is 2.20. The van der Waals surface area contributed by atoms with Crippen LogP contribution in [0.2, 0.25) is 0 Å². The monoisotopic (exact) mass is 290 g/mol. The Bertz CT molecular complexity index is 546. The number of rotatable bonds is 4. The molecular formula is C14H18N4O3. The van der Waals surface area contributed by atoms with Gasteiger partial charge in [-0.25, -0.2) is 4.79 Å². The SMILES string of the molecule is CC(NC(N)=O)C(=O)NC1CCN(c2ccccc2)C1=O. The molecule has 7 heteroatoms. The average molecular weight is 290 g/mol. The van der Waals surface area contributed by atoms with E-state index in [9.17, 15) is 14.4 Å². The van der Waals surface area contributed by atoms with Gasteiger partial charge in [-0.2, -0.15) is 0 Å². The predicted octanol–water partition coefficient (Wildman–Crippen LogP) is -0.0351. The molecule has 21 heavy (non-hydrogen) atoms. The highest BCUT2D eigenvalue weighted by Gasteiger charge is 2.34. The molecule has 0 bridgehead atoms. The van der Waals surface area contributed by atoms with E-state index in [1.54, 1.807) is 4.90 Å². The van der Waals surface area contributed by atoms with Gasteiger partial charge in [0, 0.05) is 12.2 Å². The first-order valence-electron chi connectivity index (χ1n) is 6.72. The highest BCUT2D eigenvalue weighted by molar-refractivity contribution is 6.01. The zero-order valence-electron chi connectivity index (χ0n) is 11.7. The lowest BCUT2D eigenvalue weighted by atomic mass is 10.2. The highest BCUT2D eigenvalue weighted by atomic mass is 16.2. The van der Waals surface area contributed by atoms with Gasteiger partial charge in [0.05, 0.1) is 0 Å². The van der Waals surface area contributed by atoms with Gasteiger partial charge in [-0.15, -0.1) is 0 Å². The van der Waals surface area contributed by atoms with E-state index in [0.29, 0.717) is 13.0 Å². The normalized spacial score (nSPS) is 19.2. The van der Waals surface area contributed by atoms with Gasteiger partial charge in [-0.3, -0.25) is 9.59 Å². The third-order valence-corrected chi connectivity index (χ3v) is 3.34. The molecule has 1 aliphatic heterocycles. The van der Waals surface area contributed by atoms with Crippen molar-refractivity contribution >= 4 is 23.5 Å². The van der Waals surface area contributed by atoms with Crippen LogP contribution in [0.5, 0.6) is 0 Å². The number of nitrogens with two attached hydrogens (primary N) is 1. The van der Waals surface area contributed by atoms with Gasteiger partial charge in [0.2, 0.25) is 11.8 Å². The fraction of sp³-hybridized carbons (Fsp3) is 0.357. The molecule has 112 valence electrons. The summed E-state index contributed by atoms with van der Waals surface area (Å²) >= 11 is 0. The maximum absolute atomic E-state index is 12.3. The summed E-state index contributed by atoms with van der Waals surface area (Å²) in [6.07, 6.45) is 0.531. The summed E-state index contributed by atoms with van der Waals surface area (Å²) in [6, 6.07) is 7.15. The van der Waals surface area contributed by atoms with Gasteiger partial charge in [-0.1, -0.05) is 18.2 Å². The van der Waals surface area contributed by atoms with Gasteiger partial charge in [-0.05, 0) is 25.5 Å². The number of primary amides is 1. The lowest BCUT2D eigenvalue weighted by molar-refractivity contribution is -0.127. The third kappa shape index (κ3) is 3.50. The molecule has 2 atom stereocenters. The number of hydrogen-bond donors (Lipinski definition) is 3. The lowest BCUT2D eigenvalue weighted by Crippen LogP contribution is -2.51. The largest absolute Gasteiger partial charge is 0.352 e. The van der Waals surface area contributed by atoms with Crippen molar-refractivity contribution in [1.82, 2.24) is 10.6 Å². The molecule has 2 unspecified atom stereocenters. The van der Waals surface area contributed by atoms with E-state index in [-0.39, 0.29) is 5.91 Å². The molecule has 4 amide bonds. The smallest absolute Gasteiger partial charge is 0.312 e. The quantitative estimate of drug-likeness (QED) is 0.725. The molecule has 0 saturated carbocycles. The topological polar surface area (TPSA) is 105 Å². The van der Waals surface area contributed by atoms with Crippen molar-refractivity contribution in [3.63, 3.8) is 0 Å². The fourth-order valence-corrected chi connectivity index (χ4v) is 2.25. The van der Waals surface area contributed by atoms with Crippen molar-refractivity contribution in [1.29, 1.82) is 0 Å². The maximum atomic E-state index is 12.3. The minimum Gasteiger partial charge on any atom is -0.352 e. The minimum absolute atomic E-state index is 0.152. The molecule has 1 aromatic carbocycles. The molecule has 7 nitrogen and oxygen atoms in total. The zero-order valence-corrected chi connectivity index (χ0v) is 11.7. The predicted molar refractivity (Wildman–Crippen MR) is 77.5 cm³/mol.